The molecule has 0 saturated heterocycles. The SMILES string of the molecule is CS(C)=O.c1ccc2ncccc2c1. The molecule has 0 saturated carbocycles. The second kappa shape index (κ2) is 5.50. The molecule has 0 fully saturated rings. The zero-order chi connectivity index (χ0) is 10.4. The van der Waals surface area contributed by atoms with Gasteiger partial charge in [-0.1, -0.05) is 24.3 Å². The Balaban J connectivity index is 0.000000213. The predicted molar refractivity (Wildman–Crippen MR) is 61.7 cm³/mol. The number of fused-ring (bicyclic) bond motifs is 1. The van der Waals surface area contributed by atoms with E-state index >= 15 is 0 Å². The Morgan fingerprint density at radius 3 is 2.29 bits per heavy atom. The van der Waals surface area contributed by atoms with Crippen LogP contribution in [-0.4, -0.2) is 21.7 Å². The van der Waals surface area contributed by atoms with E-state index in [2.05, 4.69) is 17.1 Å². The molecule has 0 N–H and O–H groups in total. The number of hydrogen-bond donors (Lipinski definition) is 0. The quantitative estimate of drug-likeness (QED) is 0.663. The molecule has 1 aromatic heterocycles. The van der Waals surface area contributed by atoms with E-state index in [4.69, 9.17) is 0 Å². The third kappa shape index (κ3) is 3.66. The Labute approximate surface area is 86.4 Å². The van der Waals surface area contributed by atoms with Gasteiger partial charge < -0.3 is 0 Å². The lowest BCUT2D eigenvalue weighted by molar-refractivity contribution is 0.690. The molecular formula is C11H13NOS. The lowest BCUT2D eigenvalue weighted by atomic mass is 10.2. The molecule has 0 unspecified atom stereocenters. The maximum Gasteiger partial charge on any atom is 0.0701 e. The highest BCUT2D eigenvalue weighted by Crippen LogP contribution is 2.07. The molecule has 0 bridgehead atoms. The minimum absolute atomic E-state index is 0.611. The van der Waals surface area contributed by atoms with Crippen LogP contribution in [0.25, 0.3) is 10.9 Å². The summed E-state index contributed by atoms with van der Waals surface area (Å²) < 4.78 is 9.56. The molecule has 3 heteroatoms. The number of nitrogens with zero attached hydrogens (tertiary/aromatic N) is 1. The van der Waals surface area contributed by atoms with Crippen LogP contribution in [0.1, 0.15) is 0 Å². The van der Waals surface area contributed by atoms with Crippen LogP contribution in [0.2, 0.25) is 0 Å². The van der Waals surface area contributed by atoms with Crippen molar-refractivity contribution in [3.05, 3.63) is 42.6 Å². The van der Waals surface area contributed by atoms with Gasteiger partial charge >= 0.3 is 0 Å². The third-order valence-electron chi connectivity index (χ3n) is 1.51. The molecule has 0 atom stereocenters. The summed E-state index contributed by atoms with van der Waals surface area (Å²) in [5.74, 6) is 0. The fraction of sp³-hybridized carbons (Fsp3) is 0.182. The van der Waals surface area contributed by atoms with Gasteiger partial charge in [0.25, 0.3) is 0 Å². The van der Waals surface area contributed by atoms with E-state index in [1.54, 1.807) is 12.5 Å². The van der Waals surface area contributed by atoms with Gasteiger partial charge in [-0.2, -0.15) is 0 Å². The summed E-state index contributed by atoms with van der Waals surface area (Å²) in [5, 5.41) is 1.20. The lowest BCUT2D eigenvalue weighted by Gasteiger charge is -1.91. The van der Waals surface area contributed by atoms with Crippen molar-refractivity contribution in [2.45, 2.75) is 0 Å². The first-order chi connectivity index (χ1) is 6.70. The van der Waals surface area contributed by atoms with Gasteiger partial charge in [0.2, 0.25) is 0 Å². The molecular weight excluding hydrogens is 194 g/mol. The van der Waals surface area contributed by atoms with Gasteiger partial charge in [-0.25, -0.2) is 0 Å². The van der Waals surface area contributed by atoms with Gasteiger partial charge in [0.15, 0.2) is 0 Å². The Hall–Kier alpha value is -1.22. The standard InChI is InChI=1S/C9H7N.C2H6OS/c1-2-6-9-8(4-1)5-3-7-10-9;1-4(2)3/h1-7H;1-2H3. The van der Waals surface area contributed by atoms with Crippen LogP contribution in [0.4, 0.5) is 0 Å². The molecule has 2 nitrogen and oxygen atoms in total. The van der Waals surface area contributed by atoms with Crippen LogP contribution < -0.4 is 0 Å². The van der Waals surface area contributed by atoms with Crippen molar-refractivity contribution < 1.29 is 4.21 Å². The summed E-state index contributed by atoms with van der Waals surface area (Å²) in [6.45, 7) is 0. The summed E-state index contributed by atoms with van der Waals surface area (Å²) >= 11 is 0. The number of rotatable bonds is 0. The van der Waals surface area contributed by atoms with Crippen molar-refractivity contribution in [2.24, 2.45) is 0 Å². The molecule has 1 aromatic carbocycles. The minimum atomic E-state index is -0.611. The number of aromatic nitrogens is 1. The van der Waals surface area contributed by atoms with Crippen LogP contribution in [0, 0.1) is 0 Å². The van der Waals surface area contributed by atoms with E-state index in [0.29, 0.717) is 0 Å². The first kappa shape index (κ1) is 10.9. The predicted octanol–water partition coefficient (Wildman–Crippen LogP) is 2.23. The Kier molecular flexibility index (Phi) is 4.26. The highest BCUT2D eigenvalue weighted by molar-refractivity contribution is 7.83. The molecule has 0 spiro atoms. The van der Waals surface area contributed by atoms with E-state index in [9.17, 15) is 4.21 Å². The Morgan fingerprint density at radius 1 is 1.07 bits per heavy atom. The molecule has 0 aliphatic rings. The van der Waals surface area contributed by atoms with E-state index in [1.165, 1.54) is 5.39 Å². The van der Waals surface area contributed by atoms with Gasteiger partial charge in [0.1, 0.15) is 0 Å². The maximum absolute atomic E-state index is 9.56. The van der Waals surface area contributed by atoms with Crippen LogP contribution in [-0.2, 0) is 10.8 Å². The number of para-hydroxylation sites is 1. The zero-order valence-electron chi connectivity index (χ0n) is 8.31. The summed E-state index contributed by atoms with van der Waals surface area (Å²) in [6.07, 6.45) is 5.09. The van der Waals surface area contributed by atoms with Crippen LogP contribution in [0.5, 0.6) is 0 Å². The molecule has 0 aliphatic carbocycles. The van der Waals surface area contributed by atoms with Crippen molar-refractivity contribution in [2.75, 3.05) is 12.5 Å². The molecule has 0 radical (unpaired) electrons. The summed E-state index contributed by atoms with van der Waals surface area (Å²) in [7, 11) is -0.611. The normalized spacial score (nSPS) is 9.64. The first-order valence-electron chi connectivity index (χ1n) is 4.25. The average molecular weight is 207 g/mol. The number of pyridine rings is 1. The van der Waals surface area contributed by atoms with Gasteiger partial charge in [0, 0.05) is 34.9 Å². The molecule has 74 valence electrons. The van der Waals surface area contributed by atoms with Gasteiger partial charge in [-0.05, 0) is 12.1 Å². The van der Waals surface area contributed by atoms with E-state index in [-0.39, 0.29) is 0 Å². The van der Waals surface area contributed by atoms with Crippen molar-refractivity contribution in [1.29, 1.82) is 0 Å². The lowest BCUT2D eigenvalue weighted by Crippen LogP contribution is -1.73. The van der Waals surface area contributed by atoms with Gasteiger partial charge in [-0.3, -0.25) is 9.19 Å². The molecule has 2 rings (SSSR count). The Morgan fingerprint density at radius 2 is 1.64 bits per heavy atom. The number of benzene rings is 1. The van der Waals surface area contributed by atoms with E-state index in [0.717, 1.165) is 5.52 Å². The number of hydrogen-bond acceptors (Lipinski definition) is 2. The maximum atomic E-state index is 9.56. The van der Waals surface area contributed by atoms with Crippen LogP contribution in [0.3, 0.4) is 0 Å². The van der Waals surface area contributed by atoms with Crippen molar-refractivity contribution >= 4 is 21.7 Å². The van der Waals surface area contributed by atoms with Crippen molar-refractivity contribution in [3.63, 3.8) is 0 Å². The summed E-state index contributed by atoms with van der Waals surface area (Å²) in [6, 6.07) is 12.1. The second-order valence-corrected chi connectivity index (χ2v) is 4.42. The van der Waals surface area contributed by atoms with Crippen LogP contribution in [0.15, 0.2) is 42.6 Å². The van der Waals surface area contributed by atoms with Crippen molar-refractivity contribution in [3.8, 4) is 0 Å². The molecule has 1 heterocycles. The fourth-order valence-electron chi connectivity index (χ4n) is 1.02. The second-order valence-electron chi connectivity index (χ2n) is 2.94. The topological polar surface area (TPSA) is 30.0 Å². The molecule has 0 amide bonds. The first-order valence-corrected chi connectivity index (χ1v) is 6.21. The molecule has 2 aromatic rings. The zero-order valence-corrected chi connectivity index (χ0v) is 9.12. The molecule has 0 aliphatic heterocycles. The minimum Gasteiger partial charge on any atom is -0.260 e. The van der Waals surface area contributed by atoms with Gasteiger partial charge in [-0.15, -0.1) is 0 Å². The van der Waals surface area contributed by atoms with E-state index in [1.807, 2.05) is 30.5 Å². The molecule has 14 heavy (non-hydrogen) atoms. The average Bonchev–Trinajstić information content (AvgIpc) is 2.17. The largest absolute Gasteiger partial charge is 0.260 e. The summed E-state index contributed by atoms with van der Waals surface area (Å²) in [4.78, 5) is 4.18. The highest BCUT2D eigenvalue weighted by atomic mass is 32.2. The van der Waals surface area contributed by atoms with Gasteiger partial charge in [0.05, 0.1) is 5.52 Å². The fourth-order valence-corrected chi connectivity index (χ4v) is 1.02. The van der Waals surface area contributed by atoms with Crippen LogP contribution >= 0.6 is 0 Å². The smallest absolute Gasteiger partial charge is 0.0701 e. The van der Waals surface area contributed by atoms with Crippen molar-refractivity contribution in [1.82, 2.24) is 4.98 Å². The summed E-state index contributed by atoms with van der Waals surface area (Å²) in [5.41, 5.74) is 1.06. The third-order valence-corrected chi connectivity index (χ3v) is 1.51. The highest BCUT2D eigenvalue weighted by Gasteiger charge is 1.86. The Bertz CT molecular complexity index is 359. The van der Waals surface area contributed by atoms with E-state index < -0.39 is 10.8 Å². The monoisotopic (exact) mass is 207 g/mol.